The highest BCUT2D eigenvalue weighted by Crippen LogP contribution is 2.18. The molecule has 0 atom stereocenters. The molecule has 0 saturated carbocycles. The zero-order valence-electron chi connectivity index (χ0n) is 14.4. The maximum atomic E-state index is 11.9. The van der Waals surface area contributed by atoms with Gasteiger partial charge in [-0.25, -0.2) is 4.98 Å². The number of aryl methyl sites for hydroxylation is 1. The number of pyridine rings is 1. The Balaban J connectivity index is 1.45. The first kappa shape index (κ1) is 16.8. The van der Waals surface area contributed by atoms with Gasteiger partial charge in [0.1, 0.15) is 17.1 Å². The predicted molar refractivity (Wildman–Crippen MR) is 95.1 cm³/mol. The fourth-order valence-electron chi connectivity index (χ4n) is 2.50. The van der Waals surface area contributed by atoms with E-state index in [1.807, 2.05) is 48.0 Å². The number of rotatable bonds is 7. The Morgan fingerprint density at radius 2 is 2.04 bits per heavy atom. The molecule has 0 aliphatic rings. The van der Waals surface area contributed by atoms with Crippen LogP contribution in [0.15, 0.2) is 48.8 Å². The van der Waals surface area contributed by atoms with E-state index in [1.54, 1.807) is 19.2 Å². The summed E-state index contributed by atoms with van der Waals surface area (Å²) in [7, 11) is 1.59. The molecule has 0 fully saturated rings. The maximum Gasteiger partial charge on any atom is 0.257 e. The van der Waals surface area contributed by atoms with Crippen LogP contribution in [0.1, 0.15) is 11.3 Å². The molecule has 0 aliphatic heterocycles. The lowest BCUT2D eigenvalue weighted by Crippen LogP contribution is -2.30. The van der Waals surface area contributed by atoms with Crippen LogP contribution in [0.25, 0.3) is 5.65 Å². The number of carbonyl (C=O) groups excluding carboxylic acids is 1. The fraction of sp³-hybridized carbons (Fsp3) is 0.263. The lowest BCUT2D eigenvalue weighted by atomic mass is 10.3. The molecule has 6 nitrogen and oxygen atoms in total. The summed E-state index contributed by atoms with van der Waals surface area (Å²) in [6.07, 6.45) is 4.69. The lowest BCUT2D eigenvalue weighted by molar-refractivity contribution is -0.123. The monoisotopic (exact) mass is 339 g/mol. The highest BCUT2D eigenvalue weighted by molar-refractivity contribution is 5.77. The third kappa shape index (κ3) is 4.50. The average Bonchev–Trinajstić information content (AvgIpc) is 3.02. The van der Waals surface area contributed by atoms with Crippen molar-refractivity contribution in [2.75, 3.05) is 20.3 Å². The van der Waals surface area contributed by atoms with Crippen LogP contribution in [0, 0.1) is 6.92 Å². The van der Waals surface area contributed by atoms with Crippen LogP contribution in [0.4, 0.5) is 0 Å². The van der Waals surface area contributed by atoms with Crippen molar-refractivity contribution in [2.45, 2.75) is 13.3 Å². The molecule has 2 aromatic heterocycles. The number of fused-ring (bicyclic) bond motifs is 1. The molecular weight excluding hydrogens is 318 g/mol. The Kier molecular flexibility index (Phi) is 5.18. The standard InChI is InChI=1S/C19H21N3O3/c1-14-6-7-18-21-15(12-22(18)11-14)8-9-20-19(23)13-25-17-5-3-4-16(10-17)24-2/h3-7,10-12H,8-9,13H2,1-2H3,(H,20,23). The third-order valence-corrected chi connectivity index (χ3v) is 3.76. The highest BCUT2D eigenvalue weighted by atomic mass is 16.5. The molecule has 0 spiro atoms. The van der Waals surface area contributed by atoms with Gasteiger partial charge in [0.15, 0.2) is 6.61 Å². The van der Waals surface area contributed by atoms with Gasteiger partial charge in [0, 0.05) is 31.4 Å². The third-order valence-electron chi connectivity index (χ3n) is 3.76. The van der Waals surface area contributed by atoms with E-state index in [4.69, 9.17) is 9.47 Å². The minimum Gasteiger partial charge on any atom is -0.497 e. The lowest BCUT2D eigenvalue weighted by Gasteiger charge is -2.08. The van der Waals surface area contributed by atoms with Gasteiger partial charge in [-0.1, -0.05) is 12.1 Å². The van der Waals surface area contributed by atoms with E-state index in [0.29, 0.717) is 24.5 Å². The summed E-state index contributed by atoms with van der Waals surface area (Å²) >= 11 is 0. The van der Waals surface area contributed by atoms with Crippen LogP contribution >= 0.6 is 0 Å². The molecule has 1 amide bonds. The summed E-state index contributed by atoms with van der Waals surface area (Å²) in [6.45, 7) is 2.53. The number of aromatic nitrogens is 2. The van der Waals surface area contributed by atoms with Crippen LogP contribution in [-0.4, -0.2) is 35.6 Å². The van der Waals surface area contributed by atoms with E-state index in [-0.39, 0.29) is 12.5 Å². The Morgan fingerprint density at radius 3 is 2.88 bits per heavy atom. The van der Waals surface area contributed by atoms with Crippen LogP contribution in [0.3, 0.4) is 0 Å². The van der Waals surface area contributed by atoms with Crippen LogP contribution in [0.2, 0.25) is 0 Å². The van der Waals surface area contributed by atoms with Gasteiger partial charge < -0.3 is 19.2 Å². The second kappa shape index (κ2) is 7.70. The van der Waals surface area contributed by atoms with Crippen molar-refractivity contribution in [1.82, 2.24) is 14.7 Å². The SMILES string of the molecule is COc1cccc(OCC(=O)NCCc2cn3cc(C)ccc3n2)c1. The molecule has 25 heavy (non-hydrogen) atoms. The van der Waals surface area contributed by atoms with Crippen molar-refractivity contribution in [3.63, 3.8) is 0 Å². The van der Waals surface area contributed by atoms with E-state index < -0.39 is 0 Å². The molecule has 1 N–H and O–H groups in total. The summed E-state index contributed by atoms with van der Waals surface area (Å²) in [5, 5.41) is 2.84. The molecule has 0 aliphatic carbocycles. The number of carbonyl (C=O) groups is 1. The molecule has 0 radical (unpaired) electrons. The molecule has 0 saturated heterocycles. The number of hydrogen-bond acceptors (Lipinski definition) is 4. The van der Waals surface area contributed by atoms with Gasteiger partial charge in [0.05, 0.1) is 12.8 Å². The van der Waals surface area contributed by atoms with Gasteiger partial charge in [0.2, 0.25) is 0 Å². The van der Waals surface area contributed by atoms with E-state index in [9.17, 15) is 4.79 Å². The van der Waals surface area contributed by atoms with E-state index in [0.717, 1.165) is 11.3 Å². The second-order valence-electron chi connectivity index (χ2n) is 5.77. The largest absolute Gasteiger partial charge is 0.497 e. The molecule has 130 valence electrons. The van der Waals surface area contributed by atoms with Crippen molar-refractivity contribution < 1.29 is 14.3 Å². The zero-order chi connectivity index (χ0) is 17.6. The number of nitrogens with zero attached hydrogens (tertiary/aromatic N) is 2. The first-order chi connectivity index (χ1) is 12.1. The summed E-state index contributed by atoms with van der Waals surface area (Å²) in [5.74, 6) is 1.13. The summed E-state index contributed by atoms with van der Waals surface area (Å²) in [5.41, 5.74) is 3.03. The van der Waals surface area contributed by atoms with Crippen LogP contribution in [-0.2, 0) is 11.2 Å². The first-order valence-electron chi connectivity index (χ1n) is 8.12. The minimum atomic E-state index is -0.164. The van der Waals surface area contributed by atoms with Gasteiger partial charge in [-0.2, -0.15) is 0 Å². The van der Waals surface area contributed by atoms with Gasteiger partial charge in [-0.15, -0.1) is 0 Å². The smallest absolute Gasteiger partial charge is 0.257 e. The maximum absolute atomic E-state index is 11.9. The fourth-order valence-corrected chi connectivity index (χ4v) is 2.50. The average molecular weight is 339 g/mol. The molecular formula is C19H21N3O3. The Morgan fingerprint density at radius 1 is 1.20 bits per heavy atom. The van der Waals surface area contributed by atoms with E-state index >= 15 is 0 Å². The molecule has 0 bridgehead atoms. The topological polar surface area (TPSA) is 64.9 Å². The predicted octanol–water partition coefficient (Wildman–Crippen LogP) is 2.39. The number of ether oxygens (including phenoxy) is 2. The Labute approximate surface area is 146 Å². The molecule has 0 unspecified atom stereocenters. The van der Waals surface area contributed by atoms with Gasteiger partial charge in [-0.05, 0) is 30.7 Å². The first-order valence-corrected chi connectivity index (χ1v) is 8.12. The number of hydrogen-bond donors (Lipinski definition) is 1. The Hall–Kier alpha value is -3.02. The normalized spacial score (nSPS) is 10.6. The Bertz CT molecular complexity index is 873. The number of imidazole rings is 1. The van der Waals surface area contributed by atoms with E-state index in [1.165, 1.54) is 5.56 Å². The summed E-state index contributed by atoms with van der Waals surface area (Å²) in [4.78, 5) is 16.4. The number of benzene rings is 1. The van der Waals surface area contributed by atoms with Crippen molar-refractivity contribution >= 4 is 11.6 Å². The summed E-state index contributed by atoms with van der Waals surface area (Å²) in [6, 6.07) is 11.2. The van der Waals surface area contributed by atoms with Crippen molar-refractivity contribution in [3.8, 4) is 11.5 Å². The van der Waals surface area contributed by atoms with Crippen molar-refractivity contribution in [3.05, 3.63) is 60.0 Å². The van der Waals surface area contributed by atoms with Crippen molar-refractivity contribution in [2.24, 2.45) is 0 Å². The quantitative estimate of drug-likeness (QED) is 0.718. The second-order valence-corrected chi connectivity index (χ2v) is 5.77. The zero-order valence-corrected chi connectivity index (χ0v) is 14.4. The summed E-state index contributed by atoms with van der Waals surface area (Å²) < 4.78 is 12.6. The number of amides is 1. The van der Waals surface area contributed by atoms with Gasteiger partial charge in [-0.3, -0.25) is 4.79 Å². The van der Waals surface area contributed by atoms with Crippen LogP contribution in [0.5, 0.6) is 11.5 Å². The van der Waals surface area contributed by atoms with Gasteiger partial charge >= 0.3 is 0 Å². The molecule has 1 aromatic carbocycles. The molecule has 2 heterocycles. The van der Waals surface area contributed by atoms with Crippen molar-refractivity contribution in [1.29, 1.82) is 0 Å². The highest BCUT2D eigenvalue weighted by Gasteiger charge is 2.05. The van der Waals surface area contributed by atoms with E-state index in [2.05, 4.69) is 10.3 Å². The minimum absolute atomic E-state index is 0.0302. The van der Waals surface area contributed by atoms with Crippen LogP contribution < -0.4 is 14.8 Å². The number of methoxy groups -OCH3 is 1. The number of nitrogens with one attached hydrogen (secondary N) is 1. The molecule has 3 aromatic rings. The molecule has 3 rings (SSSR count). The van der Waals surface area contributed by atoms with Gasteiger partial charge in [0.25, 0.3) is 5.91 Å². The molecule has 6 heteroatoms.